The van der Waals surface area contributed by atoms with E-state index in [4.69, 9.17) is 16.3 Å². The van der Waals surface area contributed by atoms with E-state index >= 15 is 0 Å². The first-order chi connectivity index (χ1) is 11.0. The zero-order valence-electron chi connectivity index (χ0n) is 12.5. The third-order valence-electron chi connectivity index (χ3n) is 3.52. The lowest BCUT2D eigenvalue weighted by Gasteiger charge is -2.12. The van der Waals surface area contributed by atoms with Crippen LogP contribution in [-0.4, -0.2) is 23.0 Å². The first-order valence-corrected chi connectivity index (χ1v) is 7.24. The van der Waals surface area contributed by atoms with Gasteiger partial charge in [-0.2, -0.15) is 0 Å². The fourth-order valence-corrected chi connectivity index (χ4v) is 2.52. The van der Waals surface area contributed by atoms with Crippen LogP contribution in [-0.2, 0) is 0 Å². The van der Waals surface area contributed by atoms with Crippen LogP contribution < -0.4 is 15.7 Å². The molecule has 118 valence electrons. The molecule has 1 aromatic heterocycles. The average Bonchev–Trinajstić information content (AvgIpc) is 2.90. The van der Waals surface area contributed by atoms with Crippen molar-refractivity contribution in [3.63, 3.8) is 0 Å². The van der Waals surface area contributed by atoms with E-state index in [1.165, 1.54) is 7.11 Å². The number of nitrogens with one attached hydrogen (secondary N) is 3. The number of ether oxygens (including phenoxy) is 1. The highest BCUT2D eigenvalue weighted by atomic mass is 35.5. The first-order valence-electron chi connectivity index (χ1n) is 6.86. The highest BCUT2D eigenvalue weighted by Crippen LogP contribution is 2.31. The molecule has 6 nitrogen and oxygen atoms in total. The van der Waals surface area contributed by atoms with Gasteiger partial charge in [-0.1, -0.05) is 17.7 Å². The van der Waals surface area contributed by atoms with Gasteiger partial charge in [-0.25, -0.2) is 4.79 Å². The Morgan fingerprint density at radius 2 is 2.04 bits per heavy atom. The van der Waals surface area contributed by atoms with Crippen molar-refractivity contribution in [3.05, 3.63) is 57.0 Å². The maximum Gasteiger partial charge on any atom is 0.323 e. The molecular formula is C16H14ClN3O3. The number of methoxy groups -OCH3 is 1. The average molecular weight is 332 g/mol. The van der Waals surface area contributed by atoms with Crippen molar-refractivity contribution in [2.75, 3.05) is 12.4 Å². The summed E-state index contributed by atoms with van der Waals surface area (Å²) >= 11 is 6.06. The molecule has 0 spiro atoms. The van der Waals surface area contributed by atoms with Gasteiger partial charge in [-0.05, 0) is 30.7 Å². The molecule has 0 bridgehead atoms. The number of benzene rings is 2. The standard InChI is InChI=1S/C16H14ClN3O3/c1-8-6-12(13(23-2)7-10(8)17)18-15(21)9-4-3-5-11-14(9)20-16(22)19-11/h3-7H,1-2H3,(H,18,21)(H2,19,20,22). The van der Waals surface area contributed by atoms with E-state index in [2.05, 4.69) is 15.3 Å². The Kier molecular flexibility index (Phi) is 3.83. The summed E-state index contributed by atoms with van der Waals surface area (Å²) in [4.78, 5) is 29.2. The molecule has 1 amide bonds. The summed E-state index contributed by atoms with van der Waals surface area (Å²) in [7, 11) is 1.50. The molecule has 3 aromatic rings. The molecule has 0 fully saturated rings. The Hall–Kier alpha value is -2.73. The monoisotopic (exact) mass is 331 g/mol. The fraction of sp³-hybridized carbons (Fsp3) is 0.125. The summed E-state index contributed by atoms with van der Waals surface area (Å²) in [5.74, 6) is 0.106. The fourth-order valence-electron chi connectivity index (χ4n) is 2.37. The van der Waals surface area contributed by atoms with Crippen LogP contribution in [0.4, 0.5) is 5.69 Å². The Labute approximate surface area is 136 Å². The summed E-state index contributed by atoms with van der Waals surface area (Å²) in [6.45, 7) is 1.84. The lowest BCUT2D eigenvalue weighted by molar-refractivity contribution is 0.102. The summed E-state index contributed by atoms with van der Waals surface area (Å²) in [5.41, 5.74) is 2.35. The van der Waals surface area contributed by atoms with Crippen LogP contribution in [0.3, 0.4) is 0 Å². The molecule has 0 aliphatic carbocycles. The second-order valence-corrected chi connectivity index (χ2v) is 5.47. The smallest absolute Gasteiger partial charge is 0.323 e. The van der Waals surface area contributed by atoms with Crippen LogP contribution >= 0.6 is 11.6 Å². The number of fused-ring (bicyclic) bond motifs is 1. The van der Waals surface area contributed by atoms with Crippen molar-refractivity contribution in [1.29, 1.82) is 0 Å². The quantitative estimate of drug-likeness (QED) is 0.689. The van der Waals surface area contributed by atoms with Gasteiger partial charge in [0.2, 0.25) is 0 Å². The second-order valence-electron chi connectivity index (χ2n) is 5.06. The van der Waals surface area contributed by atoms with Crippen molar-refractivity contribution >= 4 is 34.2 Å². The lowest BCUT2D eigenvalue weighted by atomic mass is 10.1. The van der Waals surface area contributed by atoms with E-state index in [1.807, 2.05) is 6.92 Å². The molecule has 0 saturated heterocycles. The second kappa shape index (κ2) is 5.81. The van der Waals surface area contributed by atoms with Gasteiger partial charge >= 0.3 is 5.69 Å². The zero-order valence-corrected chi connectivity index (χ0v) is 13.2. The van der Waals surface area contributed by atoms with E-state index in [1.54, 1.807) is 30.3 Å². The molecule has 2 aromatic carbocycles. The van der Waals surface area contributed by atoms with E-state index in [-0.39, 0.29) is 11.6 Å². The Balaban J connectivity index is 2.01. The number of halogens is 1. The molecule has 0 unspecified atom stereocenters. The number of anilines is 1. The van der Waals surface area contributed by atoms with Crippen LogP contribution in [0.15, 0.2) is 35.1 Å². The van der Waals surface area contributed by atoms with Gasteiger partial charge in [0.15, 0.2) is 0 Å². The van der Waals surface area contributed by atoms with Crippen molar-refractivity contribution in [2.24, 2.45) is 0 Å². The number of amides is 1. The number of para-hydroxylation sites is 1. The summed E-state index contributed by atoms with van der Waals surface area (Å²) in [5, 5.41) is 3.34. The highest BCUT2D eigenvalue weighted by molar-refractivity contribution is 6.31. The molecule has 0 radical (unpaired) electrons. The summed E-state index contributed by atoms with van der Waals surface area (Å²) < 4.78 is 5.25. The molecule has 3 N–H and O–H groups in total. The van der Waals surface area contributed by atoms with Gasteiger partial charge < -0.3 is 20.0 Å². The van der Waals surface area contributed by atoms with Crippen LogP contribution in [0.25, 0.3) is 11.0 Å². The number of carbonyl (C=O) groups is 1. The first kappa shape index (κ1) is 15.2. The SMILES string of the molecule is COc1cc(Cl)c(C)cc1NC(=O)c1cccc2[nH]c(=O)[nH]c12. The minimum atomic E-state index is -0.361. The van der Waals surface area contributed by atoms with Crippen molar-refractivity contribution in [1.82, 2.24) is 9.97 Å². The molecule has 7 heteroatoms. The molecule has 23 heavy (non-hydrogen) atoms. The molecule has 0 aliphatic rings. The number of carbonyl (C=O) groups excluding carboxylic acids is 1. The topological polar surface area (TPSA) is 87.0 Å². The predicted octanol–water partition coefficient (Wildman–Crippen LogP) is 3.08. The number of imidazole rings is 1. The maximum absolute atomic E-state index is 12.6. The van der Waals surface area contributed by atoms with Crippen LogP contribution in [0.1, 0.15) is 15.9 Å². The van der Waals surface area contributed by atoms with Gasteiger partial charge in [0, 0.05) is 11.1 Å². The summed E-state index contributed by atoms with van der Waals surface area (Å²) in [6, 6.07) is 8.43. The largest absolute Gasteiger partial charge is 0.495 e. The molecular weight excluding hydrogens is 318 g/mol. The molecule has 1 heterocycles. The van der Waals surface area contributed by atoms with Gasteiger partial charge in [-0.15, -0.1) is 0 Å². The molecule has 0 atom stereocenters. The van der Waals surface area contributed by atoms with Gasteiger partial charge in [0.05, 0.1) is 29.4 Å². The van der Waals surface area contributed by atoms with Gasteiger partial charge in [-0.3, -0.25) is 4.79 Å². The van der Waals surface area contributed by atoms with E-state index in [0.717, 1.165) is 5.56 Å². The van der Waals surface area contributed by atoms with Gasteiger partial charge in [0.25, 0.3) is 5.91 Å². The number of aromatic amines is 2. The van der Waals surface area contributed by atoms with Crippen LogP contribution in [0, 0.1) is 6.92 Å². The van der Waals surface area contributed by atoms with Crippen LogP contribution in [0.5, 0.6) is 5.75 Å². The summed E-state index contributed by atoms with van der Waals surface area (Å²) in [6.07, 6.45) is 0. The minimum absolute atomic E-state index is 0.356. The van der Waals surface area contributed by atoms with Gasteiger partial charge in [0.1, 0.15) is 5.75 Å². The Bertz CT molecular complexity index is 959. The number of H-pyrrole nitrogens is 2. The number of aryl methyl sites for hydroxylation is 1. The van der Waals surface area contributed by atoms with E-state index in [9.17, 15) is 9.59 Å². The number of hydrogen-bond acceptors (Lipinski definition) is 3. The third-order valence-corrected chi connectivity index (χ3v) is 3.93. The van der Waals surface area contributed by atoms with E-state index < -0.39 is 0 Å². The Morgan fingerprint density at radius 3 is 2.78 bits per heavy atom. The van der Waals surface area contributed by atoms with E-state index in [0.29, 0.717) is 33.1 Å². The lowest BCUT2D eigenvalue weighted by Crippen LogP contribution is -2.13. The highest BCUT2D eigenvalue weighted by Gasteiger charge is 2.15. The maximum atomic E-state index is 12.6. The van der Waals surface area contributed by atoms with Crippen LogP contribution in [0.2, 0.25) is 5.02 Å². The zero-order chi connectivity index (χ0) is 16.6. The predicted molar refractivity (Wildman–Crippen MR) is 89.6 cm³/mol. The van der Waals surface area contributed by atoms with Crippen molar-refractivity contribution in [3.8, 4) is 5.75 Å². The number of rotatable bonds is 3. The number of hydrogen-bond donors (Lipinski definition) is 3. The minimum Gasteiger partial charge on any atom is -0.495 e. The normalized spacial score (nSPS) is 10.7. The Morgan fingerprint density at radius 1 is 1.26 bits per heavy atom. The third kappa shape index (κ3) is 2.80. The number of aromatic nitrogens is 2. The molecule has 0 saturated carbocycles. The molecule has 0 aliphatic heterocycles. The molecule has 3 rings (SSSR count). The van der Waals surface area contributed by atoms with Crippen molar-refractivity contribution < 1.29 is 9.53 Å². The van der Waals surface area contributed by atoms with Crippen molar-refractivity contribution in [2.45, 2.75) is 6.92 Å².